The van der Waals surface area contributed by atoms with E-state index in [9.17, 15) is 9.90 Å². The van der Waals surface area contributed by atoms with Crippen molar-refractivity contribution >= 4 is 22.4 Å². The number of rotatable bonds is 4. The summed E-state index contributed by atoms with van der Waals surface area (Å²) < 4.78 is 0. The molecule has 2 atom stereocenters. The van der Waals surface area contributed by atoms with Gasteiger partial charge in [-0.05, 0) is 37.3 Å². The number of likely N-dealkylation sites (tertiary alicyclic amines) is 1. The molecule has 2 unspecified atom stereocenters. The lowest BCUT2D eigenvalue weighted by molar-refractivity contribution is -0.120. The maximum Gasteiger partial charge on any atom is 0.241 e. The third-order valence-electron chi connectivity index (χ3n) is 4.55. The van der Waals surface area contributed by atoms with Gasteiger partial charge in [-0.15, -0.1) is 0 Å². The third kappa shape index (κ3) is 2.98. The number of nitrogens with zero attached hydrogens (tertiary/aromatic N) is 1. The molecule has 4 nitrogen and oxygen atoms in total. The van der Waals surface area contributed by atoms with Gasteiger partial charge in [0.2, 0.25) is 5.91 Å². The average molecular weight is 298 g/mol. The van der Waals surface area contributed by atoms with Crippen LogP contribution in [-0.4, -0.2) is 41.7 Å². The number of aliphatic hydroxyl groups excluding tert-OH is 1. The van der Waals surface area contributed by atoms with E-state index >= 15 is 0 Å². The van der Waals surface area contributed by atoms with Crippen LogP contribution in [-0.2, 0) is 4.79 Å². The molecule has 4 heteroatoms. The Balaban J connectivity index is 1.73. The van der Waals surface area contributed by atoms with E-state index in [0.29, 0.717) is 5.92 Å². The molecule has 2 N–H and O–H groups in total. The number of fused-ring (bicyclic) bond motifs is 1. The van der Waals surface area contributed by atoms with Crippen LogP contribution in [0.1, 0.15) is 13.3 Å². The molecule has 0 radical (unpaired) electrons. The molecule has 1 amide bonds. The molecule has 2 aromatic rings. The lowest BCUT2D eigenvalue weighted by atomic mass is 10.1. The van der Waals surface area contributed by atoms with Crippen LogP contribution in [0.4, 0.5) is 5.69 Å². The second-order valence-corrected chi connectivity index (χ2v) is 6.02. The van der Waals surface area contributed by atoms with E-state index in [1.807, 2.05) is 49.4 Å². The van der Waals surface area contributed by atoms with Gasteiger partial charge in [0.05, 0.1) is 6.04 Å². The van der Waals surface area contributed by atoms with Crippen molar-refractivity contribution in [1.29, 1.82) is 0 Å². The van der Waals surface area contributed by atoms with Gasteiger partial charge in [0.1, 0.15) is 0 Å². The minimum Gasteiger partial charge on any atom is -0.396 e. The van der Waals surface area contributed by atoms with Crippen molar-refractivity contribution in [1.82, 2.24) is 4.90 Å². The maximum absolute atomic E-state index is 12.5. The first kappa shape index (κ1) is 15.0. The van der Waals surface area contributed by atoms with Crippen molar-refractivity contribution in [2.45, 2.75) is 19.4 Å². The molecule has 1 heterocycles. The van der Waals surface area contributed by atoms with Crippen LogP contribution in [0.15, 0.2) is 42.5 Å². The lowest BCUT2D eigenvalue weighted by Gasteiger charge is -2.23. The number of carbonyl (C=O) groups is 1. The summed E-state index contributed by atoms with van der Waals surface area (Å²) in [5, 5.41) is 14.5. The van der Waals surface area contributed by atoms with E-state index in [4.69, 9.17) is 0 Å². The molecule has 116 valence electrons. The van der Waals surface area contributed by atoms with Crippen molar-refractivity contribution in [2.75, 3.05) is 25.0 Å². The lowest BCUT2D eigenvalue weighted by Crippen LogP contribution is -2.40. The number of nitrogens with one attached hydrogen (secondary N) is 1. The Morgan fingerprint density at radius 2 is 2.09 bits per heavy atom. The van der Waals surface area contributed by atoms with E-state index in [-0.39, 0.29) is 18.6 Å². The Morgan fingerprint density at radius 3 is 2.86 bits per heavy atom. The van der Waals surface area contributed by atoms with Crippen molar-refractivity contribution in [3.63, 3.8) is 0 Å². The molecule has 1 aliphatic rings. The van der Waals surface area contributed by atoms with Gasteiger partial charge in [0.25, 0.3) is 0 Å². The molecule has 22 heavy (non-hydrogen) atoms. The van der Waals surface area contributed by atoms with Crippen LogP contribution in [0.2, 0.25) is 0 Å². The highest BCUT2D eigenvalue weighted by atomic mass is 16.3. The fraction of sp³-hybridized carbons (Fsp3) is 0.389. The molecular weight excluding hydrogens is 276 g/mol. The minimum atomic E-state index is -0.185. The number of hydrogen-bond donors (Lipinski definition) is 2. The van der Waals surface area contributed by atoms with Crippen LogP contribution in [0.3, 0.4) is 0 Å². The van der Waals surface area contributed by atoms with E-state index in [1.54, 1.807) is 0 Å². The summed E-state index contributed by atoms with van der Waals surface area (Å²) in [4.78, 5) is 14.7. The second kappa shape index (κ2) is 6.46. The Labute approximate surface area is 130 Å². The summed E-state index contributed by atoms with van der Waals surface area (Å²) in [5.74, 6) is 0.308. The smallest absolute Gasteiger partial charge is 0.241 e. The molecule has 2 aromatic carbocycles. The Morgan fingerprint density at radius 1 is 1.32 bits per heavy atom. The topological polar surface area (TPSA) is 52.6 Å². The van der Waals surface area contributed by atoms with E-state index in [1.165, 1.54) is 0 Å². The van der Waals surface area contributed by atoms with Gasteiger partial charge in [-0.25, -0.2) is 0 Å². The molecular formula is C18H22N2O2. The average Bonchev–Trinajstić information content (AvgIpc) is 3.03. The molecule has 0 spiro atoms. The zero-order valence-corrected chi connectivity index (χ0v) is 12.8. The van der Waals surface area contributed by atoms with E-state index in [2.05, 4.69) is 10.2 Å². The zero-order valence-electron chi connectivity index (χ0n) is 12.8. The fourth-order valence-corrected chi connectivity index (χ4v) is 3.10. The largest absolute Gasteiger partial charge is 0.396 e. The molecule has 0 aliphatic carbocycles. The van der Waals surface area contributed by atoms with Crippen molar-refractivity contribution in [3.05, 3.63) is 42.5 Å². The first-order chi connectivity index (χ1) is 10.7. The summed E-state index contributed by atoms with van der Waals surface area (Å²) >= 11 is 0. The maximum atomic E-state index is 12.5. The van der Waals surface area contributed by atoms with E-state index < -0.39 is 0 Å². The van der Waals surface area contributed by atoms with Crippen molar-refractivity contribution in [2.24, 2.45) is 5.92 Å². The van der Waals surface area contributed by atoms with Gasteiger partial charge in [-0.1, -0.05) is 36.4 Å². The van der Waals surface area contributed by atoms with Crippen LogP contribution in [0, 0.1) is 5.92 Å². The molecule has 0 saturated carbocycles. The zero-order chi connectivity index (χ0) is 15.5. The summed E-state index contributed by atoms with van der Waals surface area (Å²) in [5.41, 5.74) is 0.854. The first-order valence-corrected chi connectivity index (χ1v) is 7.82. The number of anilines is 1. The predicted octanol–water partition coefficient (Wildman–Crippen LogP) is 2.48. The highest BCUT2D eigenvalue weighted by Crippen LogP contribution is 2.24. The molecule has 0 aromatic heterocycles. The molecule has 1 fully saturated rings. The fourth-order valence-electron chi connectivity index (χ4n) is 3.10. The molecule has 3 rings (SSSR count). The Kier molecular flexibility index (Phi) is 4.41. The Bertz CT molecular complexity index is 666. The second-order valence-electron chi connectivity index (χ2n) is 6.02. The third-order valence-corrected chi connectivity index (χ3v) is 4.55. The highest BCUT2D eigenvalue weighted by Gasteiger charge is 2.29. The number of aliphatic hydroxyl groups is 1. The molecule has 1 aliphatic heterocycles. The van der Waals surface area contributed by atoms with Gasteiger partial charge in [0.15, 0.2) is 0 Å². The SMILES string of the molecule is CC(C(=O)Nc1cccc2ccccc12)N1CCC(CO)C1. The van der Waals surface area contributed by atoms with Gasteiger partial charge in [0, 0.05) is 24.2 Å². The van der Waals surface area contributed by atoms with Gasteiger partial charge in [-0.2, -0.15) is 0 Å². The standard InChI is InChI=1S/C18H22N2O2/c1-13(20-10-9-14(11-20)12-21)18(22)19-17-8-4-6-15-5-2-3-7-16(15)17/h2-8,13-14,21H,9-12H2,1H3,(H,19,22). The van der Waals surface area contributed by atoms with Crippen LogP contribution < -0.4 is 5.32 Å². The van der Waals surface area contributed by atoms with Gasteiger partial charge < -0.3 is 10.4 Å². The number of carbonyl (C=O) groups excluding carboxylic acids is 1. The van der Waals surface area contributed by atoms with Crippen molar-refractivity contribution in [3.8, 4) is 0 Å². The molecule has 0 bridgehead atoms. The first-order valence-electron chi connectivity index (χ1n) is 7.82. The number of hydrogen-bond acceptors (Lipinski definition) is 3. The Hall–Kier alpha value is -1.91. The van der Waals surface area contributed by atoms with Crippen LogP contribution in [0.25, 0.3) is 10.8 Å². The quantitative estimate of drug-likeness (QED) is 0.912. The van der Waals surface area contributed by atoms with Gasteiger partial charge in [-0.3, -0.25) is 9.69 Å². The minimum absolute atomic E-state index is 0.00921. The summed E-state index contributed by atoms with van der Waals surface area (Å²) in [6.07, 6.45) is 0.961. The van der Waals surface area contributed by atoms with Crippen LogP contribution >= 0.6 is 0 Å². The summed E-state index contributed by atoms with van der Waals surface area (Å²) in [7, 11) is 0. The van der Waals surface area contributed by atoms with Crippen LogP contribution in [0.5, 0.6) is 0 Å². The summed E-state index contributed by atoms with van der Waals surface area (Å²) in [6.45, 7) is 3.80. The van der Waals surface area contributed by atoms with Crippen molar-refractivity contribution < 1.29 is 9.90 Å². The highest BCUT2D eigenvalue weighted by molar-refractivity contribution is 6.03. The molecule has 1 saturated heterocycles. The summed E-state index contributed by atoms with van der Waals surface area (Å²) in [6, 6.07) is 13.8. The number of amides is 1. The normalized spacial score (nSPS) is 20.2. The van der Waals surface area contributed by atoms with E-state index in [0.717, 1.165) is 36.0 Å². The monoisotopic (exact) mass is 298 g/mol. The van der Waals surface area contributed by atoms with Gasteiger partial charge >= 0.3 is 0 Å². The predicted molar refractivity (Wildman–Crippen MR) is 88.8 cm³/mol. The number of benzene rings is 2.